The Morgan fingerprint density at radius 1 is 1.00 bits per heavy atom. The molecule has 0 saturated heterocycles. The minimum absolute atomic E-state index is 0.0845. The summed E-state index contributed by atoms with van der Waals surface area (Å²) in [4.78, 5) is 34.8. The van der Waals surface area contributed by atoms with Crippen LogP contribution in [-0.4, -0.2) is 57.9 Å². The summed E-state index contributed by atoms with van der Waals surface area (Å²) >= 11 is 0. The van der Waals surface area contributed by atoms with Gasteiger partial charge >= 0.3 is 5.97 Å². The second-order valence-corrected chi connectivity index (χ2v) is 9.29. The molecule has 0 aliphatic carbocycles. The molecule has 2 N–H and O–H groups in total. The number of carbonyl (C=O) groups is 3. The van der Waals surface area contributed by atoms with Crippen LogP contribution in [0.1, 0.15) is 45.6 Å². The normalized spacial score (nSPS) is 15.3. The van der Waals surface area contributed by atoms with Crippen molar-refractivity contribution in [2.75, 3.05) is 27.9 Å². The first-order chi connectivity index (χ1) is 18.7. The lowest BCUT2D eigenvalue weighted by Gasteiger charge is -2.30. The number of esters is 1. The first kappa shape index (κ1) is 33.5. The lowest BCUT2D eigenvalue weighted by atomic mass is 9.88. The van der Waals surface area contributed by atoms with Crippen molar-refractivity contribution in [3.63, 3.8) is 0 Å². The van der Waals surface area contributed by atoms with E-state index in [0.717, 1.165) is 11.1 Å². The Kier molecular flexibility index (Phi) is 16.8. The molecule has 0 aromatic heterocycles. The minimum atomic E-state index is -0.488. The maximum Gasteiger partial charge on any atom is 0.325 e. The number of benzene rings is 1. The Labute approximate surface area is 233 Å². The van der Waals surface area contributed by atoms with Crippen molar-refractivity contribution >= 4 is 23.9 Å². The molecule has 1 aromatic carbocycles. The van der Waals surface area contributed by atoms with Crippen LogP contribution in [0.25, 0.3) is 6.08 Å². The van der Waals surface area contributed by atoms with Gasteiger partial charge in [-0.1, -0.05) is 74.6 Å². The molecule has 8 heteroatoms. The van der Waals surface area contributed by atoms with Crippen LogP contribution in [0.15, 0.2) is 72.5 Å². The largest absolute Gasteiger partial charge is 0.468 e. The Morgan fingerprint density at radius 3 is 2.36 bits per heavy atom. The summed E-state index contributed by atoms with van der Waals surface area (Å²) < 4.78 is 16.0. The summed E-state index contributed by atoms with van der Waals surface area (Å²) in [5.41, 5.74) is 1.92. The maximum atomic E-state index is 12.2. The van der Waals surface area contributed by atoms with Gasteiger partial charge in [0.05, 0.1) is 19.3 Å². The van der Waals surface area contributed by atoms with Gasteiger partial charge in [-0.25, -0.2) is 0 Å². The highest BCUT2D eigenvalue weighted by Gasteiger charge is 2.27. The third kappa shape index (κ3) is 14.3. The van der Waals surface area contributed by atoms with Gasteiger partial charge in [0.1, 0.15) is 6.54 Å². The molecule has 4 atom stereocenters. The summed E-state index contributed by atoms with van der Waals surface area (Å²) in [5, 5.41) is 5.18. The number of ether oxygens (including phenoxy) is 3. The molecular formula is C31H44N2O6. The first-order valence-electron chi connectivity index (χ1n) is 13.2. The molecule has 0 heterocycles. The molecule has 2 amide bonds. The third-order valence-corrected chi connectivity index (χ3v) is 6.17. The average Bonchev–Trinajstić information content (AvgIpc) is 2.93. The molecule has 0 unspecified atom stereocenters. The molecule has 0 aliphatic heterocycles. The molecule has 8 nitrogen and oxygen atoms in total. The van der Waals surface area contributed by atoms with E-state index in [9.17, 15) is 14.4 Å². The monoisotopic (exact) mass is 540 g/mol. The second-order valence-electron chi connectivity index (χ2n) is 9.29. The van der Waals surface area contributed by atoms with Crippen molar-refractivity contribution in [2.24, 2.45) is 11.8 Å². The standard InChI is InChI=1S/C31H44N2O6/c1-23(21-29(35)32-20-12-8-11-15-28(34)33-22-30(36)38-5)16-17-24(2)31(39-6)25(3)27(37-4)19-18-26-13-9-7-10-14-26/h7,9-10,12-14,16-21,24-25,27,31H,8,11,15,22H2,1-6H3,(H,32,35)(H,33,34)/b17-16+,19-18+,20-12-,23-21+/t24-,25+,27-,31-/m1/s1. The van der Waals surface area contributed by atoms with E-state index in [-0.39, 0.29) is 48.8 Å². The average molecular weight is 541 g/mol. The van der Waals surface area contributed by atoms with Crippen LogP contribution in [0, 0.1) is 11.8 Å². The third-order valence-electron chi connectivity index (χ3n) is 6.17. The number of carbonyl (C=O) groups excluding carboxylic acids is 3. The van der Waals surface area contributed by atoms with Gasteiger partial charge in [0.2, 0.25) is 11.8 Å². The van der Waals surface area contributed by atoms with Crippen LogP contribution < -0.4 is 10.6 Å². The van der Waals surface area contributed by atoms with E-state index in [2.05, 4.69) is 41.4 Å². The molecule has 0 saturated carbocycles. The van der Waals surface area contributed by atoms with E-state index in [1.165, 1.54) is 13.2 Å². The zero-order valence-electron chi connectivity index (χ0n) is 24.0. The Balaban J connectivity index is 2.52. The molecule has 214 valence electrons. The lowest BCUT2D eigenvalue weighted by molar-refractivity contribution is -0.141. The van der Waals surface area contributed by atoms with Crippen LogP contribution in [0.5, 0.6) is 0 Å². The molecule has 0 fully saturated rings. The zero-order valence-corrected chi connectivity index (χ0v) is 24.0. The number of rotatable bonds is 17. The lowest BCUT2D eigenvalue weighted by Crippen LogP contribution is -2.35. The van der Waals surface area contributed by atoms with E-state index < -0.39 is 5.97 Å². The molecular weight excluding hydrogens is 496 g/mol. The quantitative estimate of drug-likeness (QED) is 0.130. The number of allylic oxidation sites excluding steroid dienone is 3. The topological polar surface area (TPSA) is 103 Å². The first-order valence-corrected chi connectivity index (χ1v) is 13.2. The van der Waals surface area contributed by atoms with Crippen molar-refractivity contribution < 1.29 is 28.6 Å². The van der Waals surface area contributed by atoms with Crippen molar-refractivity contribution in [3.8, 4) is 0 Å². The molecule has 0 aliphatic rings. The van der Waals surface area contributed by atoms with Crippen molar-refractivity contribution in [3.05, 3.63) is 78.0 Å². The molecule has 1 aromatic rings. The van der Waals surface area contributed by atoms with E-state index >= 15 is 0 Å². The molecule has 39 heavy (non-hydrogen) atoms. The number of unbranched alkanes of at least 4 members (excludes halogenated alkanes) is 1. The van der Waals surface area contributed by atoms with Crippen molar-refractivity contribution in [1.82, 2.24) is 10.6 Å². The predicted molar refractivity (Wildman–Crippen MR) is 154 cm³/mol. The van der Waals surface area contributed by atoms with Crippen molar-refractivity contribution in [2.45, 2.75) is 52.2 Å². The van der Waals surface area contributed by atoms with E-state index in [1.54, 1.807) is 26.5 Å². The fraction of sp³-hybridized carbons (Fsp3) is 0.452. The maximum absolute atomic E-state index is 12.2. The summed E-state index contributed by atoms with van der Waals surface area (Å²) in [6.07, 6.45) is 14.3. The van der Waals surface area contributed by atoms with E-state index in [4.69, 9.17) is 9.47 Å². The zero-order chi connectivity index (χ0) is 29.0. The van der Waals surface area contributed by atoms with Crippen LogP contribution in [0.3, 0.4) is 0 Å². The Morgan fingerprint density at radius 2 is 1.72 bits per heavy atom. The van der Waals surface area contributed by atoms with Crippen molar-refractivity contribution in [1.29, 1.82) is 0 Å². The van der Waals surface area contributed by atoms with Gasteiger partial charge in [-0.3, -0.25) is 14.4 Å². The van der Waals surface area contributed by atoms with Crippen LogP contribution in [0.2, 0.25) is 0 Å². The number of hydrogen-bond donors (Lipinski definition) is 2. The smallest absolute Gasteiger partial charge is 0.325 e. The van der Waals surface area contributed by atoms with Gasteiger partial charge in [-0.15, -0.1) is 0 Å². The Hall–Kier alpha value is -3.49. The van der Waals surface area contributed by atoms with Gasteiger partial charge < -0.3 is 24.8 Å². The number of nitrogens with one attached hydrogen (secondary N) is 2. The highest BCUT2D eigenvalue weighted by Crippen LogP contribution is 2.24. The fourth-order valence-electron chi connectivity index (χ4n) is 3.98. The molecule has 0 spiro atoms. The number of methoxy groups -OCH3 is 3. The molecule has 0 bridgehead atoms. The Bertz CT molecular complexity index is 1000. The molecule has 1 rings (SSSR count). The summed E-state index contributed by atoms with van der Waals surface area (Å²) in [5.74, 6) is -0.763. The van der Waals surface area contributed by atoms with Crippen LogP contribution in [0.4, 0.5) is 0 Å². The van der Waals surface area contributed by atoms with Crippen LogP contribution in [-0.2, 0) is 28.6 Å². The predicted octanol–water partition coefficient (Wildman–Crippen LogP) is 4.59. The highest BCUT2D eigenvalue weighted by molar-refractivity contribution is 5.89. The SMILES string of the molecule is COC(=O)CNC(=O)CCC/C=C\NC(=O)/C=C(C)/C=C/[C@@H](C)[C@@H](OC)[C@@H](C)[C@@H](/C=C/c1ccccc1)OC. The summed E-state index contributed by atoms with van der Waals surface area (Å²) in [6, 6.07) is 10.1. The minimum Gasteiger partial charge on any atom is -0.468 e. The van der Waals surface area contributed by atoms with Gasteiger partial charge in [0.25, 0.3) is 0 Å². The molecule has 0 radical (unpaired) electrons. The van der Waals surface area contributed by atoms with Crippen LogP contribution >= 0.6 is 0 Å². The summed E-state index contributed by atoms with van der Waals surface area (Å²) in [7, 11) is 4.67. The summed E-state index contributed by atoms with van der Waals surface area (Å²) in [6.45, 7) is 5.93. The second kappa shape index (κ2) is 19.6. The highest BCUT2D eigenvalue weighted by atomic mass is 16.5. The van der Waals surface area contributed by atoms with Gasteiger partial charge in [0, 0.05) is 44.8 Å². The number of hydrogen-bond acceptors (Lipinski definition) is 6. The van der Waals surface area contributed by atoms with E-state index in [0.29, 0.717) is 12.8 Å². The number of amides is 2. The van der Waals surface area contributed by atoms with E-state index in [1.807, 2.05) is 49.4 Å². The van der Waals surface area contributed by atoms with Gasteiger partial charge in [0.15, 0.2) is 0 Å². The van der Waals surface area contributed by atoms with Gasteiger partial charge in [-0.2, -0.15) is 0 Å². The fourth-order valence-corrected chi connectivity index (χ4v) is 3.98. The van der Waals surface area contributed by atoms with Gasteiger partial charge in [-0.05, 0) is 30.9 Å².